The highest BCUT2D eigenvalue weighted by Gasteiger charge is 2.34. The van der Waals surface area contributed by atoms with Crippen molar-refractivity contribution in [3.05, 3.63) is 24.0 Å². The largest absolute Gasteiger partial charge is 0.366 e. The highest BCUT2D eigenvalue weighted by atomic mass is 16.2. The molecule has 0 aromatic carbocycles. The van der Waals surface area contributed by atoms with E-state index in [2.05, 4.69) is 10.3 Å². The number of anilines is 1. The van der Waals surface area contributed by atoms with Crippen LogP contribution in [0.25, 0.3) is 0 Å². The number of carbonyl (C=O) groups is 3. The van der Waals surface area contributed by atoms with Gasteiger partial charge in [-0.25, -0.2) is 0 Å². The van der Waals surface area contributed by atoms with Gasteiger partial charge in [-0.3, -0.25) is 19.4 Å². The average Bonchev–Trinajstić information content (AvgIpc) is 2.60. The molecule has 2 fully saturated rings. The number of amides is 3. The Hall–Kier alpha value is -2.44. The summed E-state index contributed by atoms with van der Waals surface area (Å²) in [6.07, 6.45) is 8.53. The minimum absolute atomic E-state index is 0.184. The number of fused-ring (bicyclic) bond motifs is 1. The summed E-state index contributed by atoms with van der Waals surface area (Å²) in [5.41, 5.74) is 5.66. The number of nitrogens with one attached hydrogen (secondary N) is 1. The molecular formula is C17H22N4O3. The number of pyridine rings is 1. The zero-order valence-electron chi connectivity index (χ0n) is 13.5. The van der Waals surface area contributed by atoms with E-state index in [0.29, 0.717) is 24.9 Å². The van der Waals surface area contributed by atoms with Crippen LogP contribution in [-0.4, -0.2) is 40.7 Å². The van der Waals surface area contributed by atoms with Crippen LogP contribution in [0.1, 0.15) is 42.5 Å². The van der Waals surface area contributed by atoms with E-state index in [0.717, 1.165) is 12.8 Å². The molecule has 7 nitrogen and oxygen atoms in total. The van der Waals surface area contributed by atoms with Crippen molar-refractivity contribution in [2.75, 3.05) is 18.4 Å². The smallest absolute Gasteiger partial charge is 0.313 e. The summed E-state index contributed by atoms with van der Waals surface area (Å²) in [4.78, 5) is 41.2. The molecule has 1 aliphatic heterocycles. The zero-order valence-corrected chi connectivity index (χ0v) is 13.5. The van der Waals surface area contributed by atoms with Gasteiger partial charge in [0.15, 0.2) is 0 Å². The van der Waals surface area contributed by atoms with Gasteiger partial charge in [0.05, 0.1) is 17.4 Å². The van der Waals surface area contributed by atoms with Gasteiger partial charge in [0.25, 0.3) is 0 Å². The van der Waals surface area contributed by atoms with Crippen LogP contribution in [0.3, 0.4) is 0 Å². The van der Waals surface area contributed by atoms with Crippen molar-refractivity contribution in [1.82, 2.24) is 9.88 Å². The highest BCUT2D eigenvalue weighted by Crippen LogP contribution is 2.36. The third kappa shape index (κ3) is 3.55. The molecule has 2 heterocycles. The minimum atomic E-state index is -0.701. The quantitative estimate of drug-likeness (QED) is 0.794. The van der Waals surface area contributed by atoms with Gasteiger partial charge in [-0.15, -0.1) is 0 Å². The molecule has 1 aromatic rings. The predicted molar refractivity (Wildman–Crippen MR) is 88.0 cm³/mol. The lowest BCUT2D eigenvalue weighted by Crippen LogP contribution is -2.48. The second-order valence-corrected chi connectivity index (χ2v) is 6.63. The summed E-state index contributed by atoms with van der Waals surface area (Å²) < 4.78 is 0. The molecule has 24 heavy (non-hydrogen) atoms. The normalized spacial score (nSPS) is 23.2. The Morgan fingerprint density at radius 1 is 1.12 bits per heavy atom. The van der Waals surface area contributed by atoms with Crippen LogP contribution in [0.4, 0.5) is 5.69 Å². The first-order valence-electron chi connectivity index (χ1n) is 8.39. The van der Waals surface area contributed by atoms with E-state index in [4.69, 9.17) is 5.73 Å². The summed E-state index contributed by atoms with van der Waals surface area (Å²) in [6, 6.07) is 1.41. The van der Waals surface area contributed by atoms with Crippen LogP contribution in [0.15, 0.2) is 18.5 Å². The van der Waals surface area contributed by atoms with Crippen molar-refractivity contribution in [3.63, 3.8) is 0 Å². The topological polar surface area (TPSA) is 105 Å². The Labute approximate surface area is 140 Å². The van der Waals surface area contributed by atoms with E-state index in [9.17, 15) is 14.4 Å². The van der Waals surface area contributed by atoms with E-state index in [1.165, 1.54) is 37.7 Å². The van der Waals surface area contributed by atoms with Gasteiger partial charge >= 0.3 is 11.8 Å². The van der Waals surface area contributed by atoms with Crippen molar-refractivity contribution >= 4 is 23.4 Å². The van der Waals surface area contributed by atoms with Crippen LogP contribution < -0.4 is 11.1 Å². The first-order valence-corrected chi connectivity index (χ1v) is 8.39. The molecule has 2 atom stereocenters. The van der Waals surface area contributed by atoms with Crippen LogP contribution in [0.2, 0.25) is 0 Å². The Kier molecular flexibility index (Phi) is 4.78. The molecular weight excluding hydrogens is 308 g/mol. The van der Waals surface area contributed by atoms with E-state index in [1.54, 1.807) is 4.90 Å². The number of piperidine rings is 1. The van der Waals surface area contributed by atoms with Crippen LogP contribution in [0.5, 0.6) is 0 Å². The molecule has 3 rings (SSSR count). The highest BCUT2D eigenvalue weighted by molar-refractivity contribution is 6.39. The maximum atomic E-state index is 12.4. The molecule has 3 N–H and O–H groups in total. The summed E-state index contributed by atoms with van der Waals surface area (Å²) in [6.45, 7) is 1.30. The first kappa shape index (κ1) is 16.4. The summed E-state index contributed by atoms with van der Waals surface area (Å²) >= 11 is 0. The Morgan fingerprint density at radius 2 is 1.88 bits per heavy atom. The van der Waals surface area contributed by atoms with E-state index < -0.39 is 17.7 Å². The van der Waals surface area contributed by atoms with Crippen molar-refractivity contribution in [2.24, 2.45) is 17.6 Å². The minimum Gasteiger partial charge on any atom is -0.366 e. The molecule has 7 heteroatoms. The lowest BCUT2D eigenvalue weighted by Gasteiger charge is -2.40. The zero-order chi connectivity index (χ0) is 17.1. The van der Waals surface area contributed by atoms with E-state index >= 15 is 0 Å². The van der Waals surface area contributed by atoms with Gasteiger partial charge < -0.3 is 16.0 Å². The fraction of sp³-hybridized carbons (Fsp3) is 0.529. The molecule has 128 valence electrons. The molecule has 0 radical (unpaired) electrons. The number of carbonyl (C=O) groups excluding carboxylic acids is 3. The predicted octanol–water partition coefficient (Wildman–Crippen LogP) is 1.16. The van der Waals surface area contributed by atoms with Crippen LogP contribution >= 0.6 is 0 Å². The SMILES string of the molecule is NC(=O)c1cncc(NC(=O)C(=O)N2CC[C@@H]3CCCCC3C2)c1. The Balaban J connectivity index is 1.61. The fourth-order valence-corrected chi connectivity index (χ4v) is 3.76. The molecule has 1 saturated carbocycles. The van der Waals surface area contributed by atoms with Crippen molar-refractivity contribution in [1.29, 1.82) is 0 Å². The van der Waals surface area contributed by atoms with Crippen molar-refractivity contribution < 1.29 is 14.4 Å². The summed E-state index contributed by atoms with van der Waals surface area (Å²) in [5.74, 6) is -0.646. The van der Waals surface area contributed by atoms with Gasteiger partial charge in [-0.05, 0) is 30.7 Å². The third-order valence-electron chi connectivity index (χ3n) is 5.05. The lowest BCUT2D eigenvalue weighted by molar-refractivity contribution is -0.145. The van der Waals surface area contributed by atoms with Gasteiger partial charge in [0.1, 0.15) is 0 Å². The monoisotopic (exact) mass is 330 g/mol. The number of rotatable bonds is 2. The van der Waals surface area contributed by atoms with E-state index in [-0.39, 0.29) is 11.3 Å². The van der Waals surface area contributed by atoms with Crippen LogP contribution in [0, 0.1) is 11.8 Å². The standard InChI is InChI=1S/C17H22N4O3/c18-15(22)13-7-14(9-19-8-13)20-16(23)17(24)21-6-5-11-3-1-2-4-12(11)10-21/h7-9,11-12H,1-6,10H2,(H2,18,22)(H,20,23)/t11-,12?/m0/s1. The second kappa shape index (κ2) is 6.98. The van der Waals surface area contributed by atoms with Gasteiger partial charge in [-0.2, -0.15) is 0 Å². The summed E-state index contributed by atoms with van der Waals surface area (Å²) in [5, 5.41) is 2.51. The van der Waals surface area contributed by atoms with Crippen molar-refractivity contribution in [2.45, 2.75) is 32.1 Å². The van der Waals surface area contributed by atoms with Crippen LogP contribution in [-0.2, 0) is 9.59 Å². The number of aromatic nitrogens is 1. The van der Waals surface area contributed by atoms with Gasteiger partial charge in [-0.1, -0.05) is 19.3 Å². The molecule has 0 bridgehead atoms. The number of likely N-dealkylation sites (tertiary alicyclic amines) is 1. The average molecular weight is 330 g/mol. The third-order valence-corrected chi connectivity index (χ3v) is 5.05. The maximum absolute atomic E-state index is 12.4. The first-order chi connectivity index (χ1) is 11.5. The number of primary amides is 1. The molecule has 1 aliphatic carbocycles. The maximum Gasteiger partial charge on any atom is 0.313 e. The van der Waals surface area contributed by atoms with Gasteiger partial charge in [0, 0.05) is 19.3 Å². The summed E-state index contributed by atoms with van der Waals surface area (Å²) in [7, 11) is 0. The number of nitrogens with zero attached hydrogens (tertiary/aromatic N) is 2. The second-order valence-electron chi connectivity index (χ2n) is 6.63. The molecule has 0 spiro atoms. The molecule has 1 aromatic heterocycles. The Bertz CT molecular complexity index is 661. The molecule has 1 saturated heterocycles. The molecule has 1 unspecified atom stereocenters. The molecule has 3 amide bonds. The number of hydrogen-bond acceptors (Lipinski definition) is 4. The van der Waals surface area contributed by atoms with Gasteiger partial charge in [0.2, 0.25) is 5.91 Å². The van der Waals surface area contributed by atoms with E-state index in [1.807, 2.05) is 0 Å². The Morgan fingerprint density at radius 3 is 2.62 bits per heavy atom. The number of nitrogens with two attached hydrogens (primary N) is 1. The fourth-order valence-electron chi connectivity index (χ4n) is 3.76. The number of hydrogen-bond donors (Lipinski definition) is 2. The molecule has 2 aliphatic rings. The lowest BCUT2D eigenvalue weighted by atomic mass is 9.75. The van der Waals surface area contributed by atoms with Crippen molar-refractivity contribution in [3.8, 4) is 0 Å².